The number of halogens is 2. The Hall–Kier alpha value is -3.51. The molecule has 5 rings (SSSR count). The number of alkyl halides is 1. The summed E-state index contributed by atoms with van der Waals surface area (Å²) in [5.74, 6) is -3.30. The standard InChI is InChI=1S/C37H43BrClN3O7/c1-3-5-14-29(44)48-23-28(24-12-8-6-9-13-24)40-34(45)30-31-35(46)42(20-10-7-11-21-43)33(37(31)22-27(38)32(30)49-37)36(47)41(19-4-2)26-17-15-25(39)16-18-26/h3-4,6,8-9,12-13,15-18,27-28,30-33,43H,1-2,5,7,10-11,14,19-23H2,(H,40,45)/t27?,28-,30+,31-,32+,33+,37-/m0/s1. The van der Waals surface area contributed by atoms with Crippen molar-refractivity contribution in [3.8, 4) is 0 Å². The van der Waals surface area contributed by atoms with Crippen molar-refractivity contribution < 1.29 is 33.8 Å². The normalized spacial score (nSPS) is 25.8. The minimum atomic E-state index is -1.27. The van der Waals surface area contributed by atoms with Gasteiger partial charge in [0.1, 0.15) is 18.2 Å². The SMILES string of the molecule is C=CCCC(=O)OC[C@H](NC(=O)[C@H]1[C@@H]2O[C@@]3(CC2Br)[C@@H]1C(=O)N(CCCCCO)[C@@H]3C(=O)N(CC=C)c1ccc(Cl)cc1)c1ccccc1. The van der Waals surface area contributed by atoms with Crippen LogP contribution in [0.15, 0.2) is 79.9 Å². The molecule has 3 heterocycles. The van der Waals surface area contributed by atoms with Crippen molar-refractivity contribution in [2.45, 2.75) is 67.1 Å². The van der Waals surface area contributed by atoms with Crippen LogP contribution in [0.5, 0.6) is 0 Å². The third kappa shape index (κ3) is 7.65. The molecule has 3 aliphatic rings. The van der Waals surface area contributed by atoms with Crippen LogP contribution < -0.4 is 10.2 Å². The van der Waals surface area contributed by atoms with E-state index in [0.717, 1.165) is 5.56 Å². The number of unbranched alkanes of at least 4 members (excludes halogenated alkanes) is 2. The van der Waals surface area contributed by atoms with Gasteiger partial charge in [0.15, 0.2) is 0 Å². The van der Waals surface area contributed by atoms with E-state index in [1.165, 1.54) is 0 Å². The summed E-state index contributed by atoms with van der Waals surface area (Å²) in [6.45, 7) is 7.87. The van der Waals surface area contributed by atoms with E-state index in [9.17, 15) is 24.3 Å². The number of rotatable bonds is 17. The van der Waals surface area contributed by atoms with Gasteiger partial charge in [0.25, 0.3) is 5.91 Å². The predicted octanol–water partition coefficient (Wildman–Crippen LogP) is 5.14. The highest BCUT2D eigenvalue weighted by Crippen LogP contribution is 2.60. The fourth-order valence-electron chi connectivity index (χ4n) is 7.38. The largest absolute Gasteiger partial charge is 0.463 e. The number of nitrogens with zero attached hydrogens (tertiary/aromatic N) is 2. The van der Waals surface area contributed by atoms with Gasteiger partial charge in [-0.15, -0.1) is 13.2 Å². The lowest BCUT2D eigenvalue weighted by Gasteiger charge is -2.37. The van der Waals surface area contributed by atoms with E-state index in [-0.39, 0.29) is 49.4 Å². The third-order valence-corrected chi connectivity index (χ3v) is 10.7. The minimum Gasteiger partial charge on any atom is -0.463 e. The molecule has 1 unspecified atom stereocenters. The second kappa shape index (κ2) is 16.5. The summed E-state index contributed by atoms with van der Waals surface area (Å²) >= 11 is 9.89. The molecule has 7 atom stereocenters. The van der Waals surface area contributed by atoms with Crippen LogP contribution in [0.1, 0.15) is 50.1 Å². The van der Waals surface area contributed by atoms with Crippen LogP contribution in [0.3, 0.4) is 0 Å². The maximum Gasteiger partial charge on any atom is 0.306 e. The van der Waals surface area contributed by atoms with Crippen molar-refractivity contribution in [2.75, 3.05) is 31.2 Å². The molecule has 3 amide bonds. The van der Waals surface area contributed by atoms with Crippen LogP contribution in [-0.4, -0.2) is 82.6 Å². The Morgan fingerprint density at radius 3 is 2.53 bits per heavy atom. The number of aliphatic hydroxyl groups is 1. The zero-order valence-corrected chi connectivity index (χ0v) is 29.7. The second-order valence-corrected chi connectivity index (χ2v) is 14.3. The first-order chi connectivity index (χ1) is 23.7. The van der Waals surface area contributed by atoms with E-state index in [0.29, 0.717) is 42.8 Å². The molecule has 3 aliphatic heterocycles. The van der Waals surface area contributed by atoms with Crippen molar-refractivity contribution in [1.82, 2.24) is 10.2 Å². The number of amides is 3. The Kier molecular flexibility index (Phi) is 12.4. The first-order valence-electron chi connectivity index (χ1n) is 16.7. The Bertz CT molecular complexity index is 1530. The Labute approximate surface area is 300 Å². The molecule has 2 N–H and O–H groups in total. The number of aliphatic hydroxyl groups excluding tert-OH is 1. The lowest BCUT2D eigenvalue weighted by Crippen LogP contribution is -2.57. The van der Waals surface area contributed by atoms with E-state index in [2.05, 4.69) is 34.4 Å². The fourth-order valence-corrected chi connectivity index (χ4v) is 8.45. The lowest BCUT2D eigenvalue weighted by atomic mass is 9.70. The molecule has 1 spiro atoms. The van der Waals surface area contributed by atoms with Crippen molar-refractivity contribution in [3.05, 3.63) is 90.5 Å². The molecule has 3 saturated heterocycles. The number of allylic oxidation sites excluding steroid dienone is 1. The Balaban J connectivity index is 1.47. The number of hydrogen-bond acceptors (Lipinski definition) is 7. The molecule has 2 bridgehead atoms. The number of benzene rings is 2. The molecule has 10 nitrogen and oxygen atoms in total. The van der Waals surface area contributed by atoms with E-state index in [1.54, 1.807) is 46.2 Å². The average molecular weight is 757 g/mol. The summed E-state index contributed by atoms with van der Waals surface area (Å²) < 4.78 is 12.2. The van der Waals surface area contributed by atoms with Gasteiger partial charge in [-0.2, -0.15) is 0 Å². The summed E-state index contributed by atoms with van der Waals surface area (Å²) in [5, 5.41) is 12.9. The van der Waals surface area contributed by atoms with Gasteiger partial charge in [0.05, 0.1) is 24.0 Å². The van der Waals surface area contributed by atoms with Gasteiger partial charge < -0.3 is 29.7 Å². The van der Waals surface area contributed by atoms with Gasteiger partial charge in [-0.25, -0.2) is 0 Å². The molecule has 3 fully saturated rings. The highest BCUT2D eigenvalue weighted by Gasteiger charge is 2.76. The van der Waals surface area contributed by atoms with Crippen LogP contribution in [0.25, 0.3) is 0 Å². The van der Waals surface area contributed by atoms with Crippen molar-refractivity contribution in [2.24, 2.45) is 11.8 Å². The maximum atomic E-state index is 14.7. The third-order valence-electron chi connectivity index (χ3n) is 9.58. The van der Waals surface area contributed by atoms with Crippen LogP contribution in [0.2, 0.25) is 5.02 Å². The van der Waals surface area contributed by atoms with E-state index in [4.69, 9.17) is 21.1 Å². The first-order valence-corrected chi connectivity index (χ1v) is 18.0. The second-order valence-electron chi connectivity index (χ2n) is 12.7. The number of fused-ring (bicyclic) bond motifs is 1. The van der Waals surface area contributed by atoms with Crippen LogP contribution in [0.4, 0.5) is 5.69 Å². The highest BCUT2D eigenvalue weighted by molar-refractivity contribution is 9.09. The molecule has 0 aromatic heterocycles. The zero-order valence-electron chi connectivity index (χ0n) is 27.3. The topological polar surface area (TPSA) is 125 Å². The molecule has 0 radical (unpaired) electrons. The predicted molar refractivity (Wildman–Crippen MR) is 190 cm³/mol. The number of anilines is 1. The maximum absolute atomic E-state index is 14.7. The quantitative estimate of drug-likeness (QED) is 0.0993. The smallest absolute Gasteiger partial charge is 0.306 e. The van der Waals surface area contributed by atoms with Gasteiger partial charge in [-0.05, 0) is 61.9 Å². The lowest BCUT2D eigenvalue weighted by molar-refractivity contribution is -0.145. The van der Waals surface area contributed by atoms with Gasteiger partial charge in [-0.1, -0.05) is 70.0 Å². The van der Waals surface area contributed by atoms with Crippen molar-refractivity contribution in [1.29, 1.82) is 0 Å². The average Bonchev–Trinajstić information content (AvgIpc) is 3.70. The van der Waals surface area contributed by atoms with Crippen LogP contribution in [-0.2, 0) is 28.7 Å². The number of carbonyl (C=O) groups is 4. The summed E-state index contributed by atoms with van der Waals surface area (Å²) in [5.41, 5.74) is 0.0605. The van der Waals surface area contributed by atoms with Crippen LogP contribution >= 0.6 is 27.5 Å². The fraction of sp³-hybridized carbons (Fsp3) is 0.459. The van der Waals surface area contributed by atoms with E-state index in [1.807, 2.05) is 30.3 Å². The molecular formula is C37H43BrClN3O7. The number of nitrogens with one attached hydrogen (secondary N) is 1. The number of esters is 1. The van der Waals surface area contributed by atoms with Crippen LogP contribution in [0, 0.1) is 11.8 Å². The van der Waals surface area contributed by atoms with E-state index < -0.39 is 47.5 Å². The molecule has 2 aromatic rings. The van der Waals surface area contributed by atoms with Gasteiger partial charge >= 0.3 is 5.97 Å². The van der Waals surface area contributed by atoms with E-state index >= 15 is 0 Å². The number of carbonyl (C=O) groups excluding carboxylic acids is 4. The molecule has 0 saturated carbocycles. The Morgan fingerprint density at radius 2 is 1.86 bits per heavy atom. The Morgan fingerprint density at radius 1 is 1.12 bits per heavy atom. The van der Waals surface area contributed by atoms with Gasteiger partial charge in [0.2, 0.25) is 11.8 Å². The number of likely N-dealkylation sites (tertiary alicyclic amines) is 1. The first kappa shape index (κ1) is 36.8. The summed E-state index contributed by atoms with van der Waals surface area (Å²) in [7, 11) is 0. The van der Waals surface area contributed by atoms with Crippen molar-refractivity contribution in [3.63, 3.8) is 0 Å². The number of hydrogen-bond donors (Lipinski definition) is 2. The summed E-state index contributed by atoms with van der Waals surface area (Å²) in [6.07, 6.45) is 5.37. The monoisotopic (exact) mass is 755 g/mol. The number of ether oxygens (including phenoxy) is 2. The highest BCUT2D eigenvalue weighted by atomic mass is 79.9. The molecular weight excluding hydrogens is 714 g/mol. The molecule has 262 valence electrons. The molecule has 0 aliphatic carbocycles. The summed E-state index contributed by atoms with van der Waals surface area (Å²) in [6, 6.07) is 14.4. The molecule has 49 heavy (non-hydrogen) atoms. The zero-order chi connectivity index (χ0) is 35.1. The summed E-state index contributed by atoms with van der Waals surface area (Å²) in [4.78, 5) is 58.8. The van der Waals surface area contributed by atoms with Gasteiger partial charge in [0, 0.05) is 41.7 Å². The molecule has 2 aromatic carbocycles. The molecule has 12 heteroatoms. The minimum absolute atomic E-state index is 0.0248. The van der Waals surface area contributed by atoms with Gasteiger partial charge in [-0.3, -0.25) is 19.2 Å². The van der Waals surface area contributed by atoms with Crippen molar-refractivity contribution >= 4 is 56.9 Å².